The van der Waals surface area contributed by atoms with Gasteiger partial charge in [-0.05, 0) is 30.5 Å². The number of esters is 1. The van der Waals surface area contributed by atoms with Gasteiger partial charge in [0.05, 0.1) is 12.1 Å². The first-order valence-corrected chi connectivity index (χ1v) is 10.1. The topological polar surface area (TPSA) is 63.7 Å². The Kier molecular flexibility index (Phi) is 4.17. The van der Waals surface area contributed by atoms with E-state index in [4.69, 9.17) is 4.74 Å². The molecule has 1 spiro atoms. The van der Waals surface area contributed by atoms with Crippen molar-refractivity contribution in [1.82, 2.24) is 4.31 Å². The number of ether oxygens (including phenoxy) is 1. The maximum atomic E-state index is 12.8. The quantitative estimate of drug-likeness (QED) is 0.780. The van der Waals surface area contributed by atoms with Crippen molar-refractivity contribution in [3.8, 4) is 0 Å². The largest absolute Gasteiger partial charge is 0.449 e. The van der Waals surface area contributed by atoms with Crippen LogP contribution in [0.4, 0.5) is 0 Å². The average molecular weight is 369 g/mol. The summed E-state index contributed by atoms with van der Waals surface area (Å²) in [6.07, 6.45) is 2.86. The van der Waals surface area contributed by atoms with E-state index < -0.39 is 15.6 Å². The van der Waals surface area contributed by atoms with E-state index in [1.165, 1.54) is 9.71 Å². The minimum atomic E-state index is -3.60. The van der Waals surface area contributed by atoms with Gasteiger partial charge in [0.25, 0.3) is 0 Å². The van der Waals surface area contributed by atoms with Crippen LogP contribution in [0.25, 0.3) is 6.08 Å². The number of piperidine rings is 1. The molecule has 0 aromatic heterocycles. The van der Waals surface area contributed by atoms with Crippen molar-refractivity contribution in [3.63, 3.8) is 0 Å². The van der Waals surface area contributed by atoms with Gasteiger partial charge in [0, 0.05) is 17.5 Å². The fourth-order valence-corrected chi connectivity index (χ4v) is 4.94. The zero-order chi connectivity index (χ0) is 18.2. The summed E-state index contributed by atoms with van der Waals surface area (Å²) >= 11 is 0. The van der Waals surface area contributed by atoms with Crippen LogP contribution in [0.3, 0.4) is 0 Å². The molecule has 4 rings (SSSR count). The molecule has 1 fully saturated rings. The lowest BCUT2D eigenvalue weighted by atomic mass is 9.86. The SMILES string of the molecule is O=C1OC2(CCCN(S(=O)(=O)/C=C/c3ccccc3)C2)c2ccccc21. The van der Waals surface area contributed by atoms with E-state index in [2.05, 4.69) is 0 Å². The first-order chi connectivity index (χ1) is 12.5. The van der Waals surface area contributed by atoms with Gasteiger partial charge in [-0.1, -0.05) is 48.5 Å². The monoisotopic (exact) mass is 369 g/mol. The summed E-state index contributed by atoms with van der Waals surface area (Å²) in [7, 11) is -3.60. The molecule has 6 heteroatoms. The Hall–Kier alpha value is -2.44. The molecule has 1 atom stereocenters. The van der Waals surface area contributed by atoms with Crippen molar-refractivity contribution in [2.45, 2.75) is 18.4 Å². The maximum absolute atomic E-state index is 12.8. The molecule has 0 aliphatic carbocycles. The lowest BCUT2D eigenvalue weighted by molar-refractivity contribution is -0.0343. The van der Waals surface area contributed by atoms with Crippen molar-refractivity contribution in [2.24, 2.45) is 0 Å². The molecule has 0 radical (unpaired) electrons. The number of fused-ring (bicyclic) bond motifs is 2. The normalized spacial score (nSPS) is 23.3. The molecule has 2 aliphatic heterocycles. The molecule has 26 heavy (non-hydrogen) atoms. The second-order valence-corrected chi connectivity index (χ2v) is 8.44. The van der Waals surface area contributed by atoms with Crippen LogP contribution in [0.5, 0.6) is 0 Å². The van der Waals surface area contributed by atoms with Crippen molar-refractivity contribution in [1.29, 1.82) is 0 Å². The highest BCUT2D eigenvalue weighted by Gasteiger charge is 2.49. The van der Waals surface area contributed by atoms with Gasteiger partial charge in [-0.15, -0.1) is 0 Å². The number of nitrogens with zero attached hydrogens (tertiary/aromatic N) is 1. The van der Waals surface area contributed by atoms with Crippen molar-refractivity contribution in [3.05, 3.63) is 76.7 Å². The van der Waals surface area contributed by atoms with Gasteiger partial charge in [0.1, 0.15) is 0 Å². The van der Waals surface area contributed by atoms with Crippen LogP contribution in [0, 0.1) is 0 Å². The summed E-state index contributed by atoms with van der Waals surface area (Å²) in [5, 5.41) is 1.23. The maximum Gasteiger partial charge on any atom is 0.339 e. The number of rotatable bonds is 3. The summed E-state index contributed by atoms with van der Waals surface area (Å²) in [6.45, 7) is 0.570. The van der Waals surface area contributed by atoms with Crippen LogP contribution >= 0.6 is 0 Å². The predicted octanol–water partition coefficient (Wildman–Crippen LogP) is 3.15. The molecular formula is C20H19NO4S. The second-order valence-electron chi connectivity index (χ2n) is 6.62. The standard InChI is InChI=1S/C20H19NO4S/c22-19-17-9-4-5-10-18(17)20(25-19)12-6-13-21(15-20)26(23,24)14-11-16-7-2-1-3-8-16/h1-5,7-11,14H,6,12-13,15H2/b14-11+. The van der Waals surface area contributed by atoms with E-state index in [-0.39, 0.29) is 12.5 Å². The molecule has 0 N–H and O–H groups in total. The molecule has 2 aromatic carbocycles. The molecule has 0 saturated carbocycles. The van der Waals surface area contributed by atoms with E-state index in [0.29, 0.717) is 24.9 Å². The van der Waals surface area contributed by atoms with Gasteiger partial charge in [0.2, 0.25) is 10.0 Å². The highest BCUT2D eigenvalue weighted by atomic mass is 32.2. The molecular weight excluding hydrogens is 350 g/mol. The number of hydrogen-bond acceptors (Lipinski definition) is 4. The lowest BCUT2D eigenvalue weighted by Crippen LogP contribution is -2.48. The minimum Gasteiger partial charge on any atom is -0.449 e. The summed E-state index contributed by atoms with van der Waals surface area (Å²) in [5.41, 5.74) is 1.27. The van der Waals surface area contributed by atoms with Gasteiger partial charge in [0.15, 0.2) is 5.60 Å². The van der Waals surface area contributed by atoms with E-state index in [9.17, 15) is 13.2 Å². The Labute approximate surface area is 153 Å². The molecule has 0 amide bonds. The Bertz CT molecular complexity index is 968. The highest BCUT2D eigenvalue weighted by molar-refractivity contribution is 7.92. The molecule has 2 aromatic rings. The van der Waals surface area contributed by atoms with E-state index in [1.54, 1.807) is 18.2 Å². The Morgan fingerprint density at radius 2 is 1.77 bits per heavy atom. The fourth-order valence-electron chi connectivity index (χ4n) is 3.66. The Balaban J connectivity index is 1.61. The minimum absolute atomic E-state index is 0.150. The number of benzene rings is 2. The molecule has 2 aliphatic rings. The number of sulfonamides is 1. The fraction of sp³-hybridized carbons (Fsp3) is 0.250. The van der Waals surface area contributed by atoms with Crippen molar-refractivity contribution < 1.29 is 17.9 Å². The summed E-state index contributed by atoms with van der Waals surface area (Å²) < 4.78 is 32.7. The van der Waals surface area contributed by atoms with Gasteiger partial charge >= 0.3 is 5.97 Å². The van der Waals surface area contributed by atoms with Crippen LogP contribution in [-0.4, -0.2) is 31.8 Å². The van der Waals surface area contributed by atoms with Crippen LogP contribution in [0.1, 0.15) is 34.3 Å². The first kappa shape index (κ1) is 17.0. The highest BCUT2D eigenvalue weighted by Crippen LogP contribution is 2.43. The van der Waals surface area contributed by atoms with Crippen LogP contribution in [0.15, 0.2) is 60.0 Å². The van der Waals surface area contributed by atoms with Crippen molar-refractivity contribution in [2.75, 3.05) is 13.1 Å². The van der Waals surface area contributed by atoms with E-state index in [1.807, 2.05) is 42.5 Å². The summed E-state index contributed by atoms with van der Waals surface area (Å²) in [5.74, 6) is -0.375. The molecule has 1 unspecified atom stereocenters. The summed E-state index contributed by atoms with van der Waals surface area (Å²) in [4.78, 5) is 12.2. The predicted molar refractivity (Wildman–Crippen MR) is 98.7 cm³/mol. The zero-order valence-corrected chi connectivity index (χ0v) is 15.0. The zero-order valence-electron chi connectivity index (χ0n) is 14.2. The third-order valence-electron chi connectivity index (χ3n) is 4.94. The smallest absolute Gasteiger partial charge is 0.339 e. The molecule has 1 saturated heterocycles. The second kappa shape index (κ2) is 6.37. The molecule has 5 nitrogen and oxygen atoms in total. The average Bonchev–Trinajstić information content (AvgIpc) is 2.93. The van der Waals surface area contributed by atoms with Crippen molar-refractivity contribution >= 4 is 22.1 Å². The lowest BCUT2D eigenvalue weighted by Gasteiger charge is -2.38. The first-order valence-electron chi connectivity index (χ1n) is 8.56. The van der Waals surface area contributed by atoms with Gasteiger partial charge in [-0.25, -0.2) is 13.2 Å². The van der Waals surface area contributed by atoms with Crippen LogP contribution in [-0.2, 0) is 20.4 Å². The number of carbonyl (C=O) groups excluding carboxylic acids is 1. The van der Waals surface area contributed by atoms with E-state index in [0.717, 1.165) is 11.1 Å². The van der Waals surface area contributed by atoms with Gasteiger partial charge in [-0.3, -0.25) is 0 Å². The Morgan fingerprint density at radius 3 is 2.58 bits per heavy atom. The molecule has 2 heterocycles. The Morgan fingerprint density at radius 1 is 1.04 bits per heavy atom. The van der Waals surface area contributed by atoms with Gasteiger partial charge < -0.3 is 4.74 Å². The van der Waals surface area contributed by atoms with E-state index >= 15 is 0 Å². The van der Waals surface area contributed by atoms with Crippen LogP contribution in [0.2, 0.25) is 0 Å². The number of hydrogen-bond donors (Lipinski definition) is 0. The third-order valence-corrected chi connectivity index (χ3v) is 6.45. The summed E-state index contributed by atoms with van der Waals surface area (Å²) in [6, 6.07) is 16.5. The number of carbonyl (C=O) groups is 1. The van der Waals surface area contributed by atoms with Gasteiger partial charge in [-0.2, -0.15) is 4.31 Å². The van der Waals surface area contributed by atoms with Crippen LogP contribution < -0.4 is 0 Å². The third kappa shape index (κ3) is 2.95. The molecule has 134 valence electrons. The molecule has 0 bridgehead atoms.